The number of rotatable bonds is 5. The normalized spacial score (nSPS) is 18.6. The SMILES string of the molecule is CSCc1cccc(CNC(=O)N2CCCC(CO)C2)c1. The van der Waals surface area contributed by atoms with Crippen molar-refractivity contribution < 1.29 is 9.90 Å². The van der Waals surface area contributed by atoms with E-state index in [0.717, 1.165) is 30.7 Å². The minimum atomic E-state index is -0.0246. The second kappa shape index (κ2) is 8.29. The van der Waals surface area contributed by atoms with Crippen molar-refractivity contribution >= 4 is 17.8 Å². The van der Waals surface area contributed by atoms with E-state index in [-0.39, 0.29) is 18.6 Å². The fourth-order valence-electron chi connectivity index (χ4n) is 2.68. The Bertz CT molecular complexity index is 467. The lowest BCUT2D eigenvalue weighted by Crippen LogP contribution is -2.45. The van der Waals surface area contributed by atoms with E-state index < -0.39 is 0 Å². The maximum Gasteiger partial charge on any atom is 0.317 e. The van der Waals surface area contributed by atoms with E-state index in [2.05, 4.69) is 23.7 Å². The van der Waals surface area contributed by atoms with Crippen molar-refractivity contribution in [1.29, 1.82) is 0 Å². The number of likely N-dealkylation sites (tertiary alicyclic amines) is 1. The molecule has 0 saturated carbocycles. The predicted molar refractivity (Wildman–Crippen MR) is 87.3 cm³/mol. The van der Waals surface area contributed by atoms with Gasteiger partial charge in [0.25, 0.3) is 0 Å². The van der Waals surface area contributed by atoms with Crippen molar-refractivity contribution in [2.45, 2.75) is 25.1 Å². The number of carbonyl (C=O) groups excluding carboxylic acids is 1. The molecule has 4 nitrogen and oxygen atoms in total. The quantitative estimate of drug-likeness (QED) is 0.878. The second-order valence-corrected chi connectivity index (χ2v) is 6.41. The van der Waals surface area contributed by atoms with E-state index in [1.165, 1.54) is 5.56 Å². The number of nitrogens with zero attached hydrogens (tertiary/aromatic N) is 1. The summed E-state index contributed by atoms with van der Waals surface area (Å²) in [5.41, 5.74) is 2.41. The Balaban J connectivity index is 1.84. The van der Waals surface area contributed by atoms with Gasteiger partial charge in [0.2, 0.25) is 0 Å². The summed E-state index contributed by atoms with van der Waals surface area (Å²) in [6.07, 6.45) is 4.07. The molecule has 1 heterocycles. The summed E-state index contributed by atoms with van der Waals surface area (Å²) < 4.78 is 0. The molecular formula is C16H24N2O2S. The Morgan fingerprint density at radius 1 is 1.48 bits per heavy atom. The van der Waals surface area contributed by atoms with Gasteiger partial charge in [0, 0.05) is 32.0 Å². The minimum absolute atomic E-state index is 0.0246. The van der Waals surface area contributed by atoms with Crippen molar-refractivity contribution in [3.8, 4) is 0 Å². The van der Waals surface area contributed by atoms with Gasteiger partial charge < -0.3 is 15.3 Å². The molecule has 1 saturated heterocycles. The first-order valence-electron chi connectivity index (χ1n) is 7.43. The van der Waals surface area contributed by atoms with E-state index in [9.17, 15) is 9.90 Å². The Hall–Kier alpha value is -1.20. The number of urea groups is 1. The van der Waals surface area contributed by atoms with Crippen LogP contribution in [0.5, 0.6) is 0 Å². The smallest absolute Gasteiger partial charge is 0.317 e. The summed E-state index contributed by atoms with van der Waals surface area (Å²) >= 11 is 1.79. The maximum atomic E-state index is 12.2. The molecule has 1 fully saturated rings. The second-order valence-electron chi connectivity index (χ2n) is 5.55. The van der Waals surface area contributed by atoms with Crippen LogP contribution in [-0.4, -0.2) is 42.0 Å². The highest BCUT2D eigenvalue weighted by Gasteiger charge is 2.22. The highest BCUT2D eigenvalue weighted by Crippen LogP contribution is 2.16. The monoisotopic (exact) mass is 308 g/mol. The third kappa shape index (κ3) is 4.93. The number of thioether (sulfide) groups is 1. The van der Waals surface area contributed by atoms with Gasteiger partial charge in [-0.3, -0.25) is 0 Å². The summed E-state index contributed by atoms with van der Waals surface area (Å²) in [6, 6.07) is 8.30. The van der Waals surface area contributed by atoms with E-state index in [0.29, 0.717) is 13.1 Å². The molecule has 2 rings (SSSR count). The van der Waals surface area contributed by atoms with Gasteiger partial charge in [-0.1, -0.05) is 24.3 Å². The Morgan fingerprint density at radius 3 is 3.05 bits per heavy atom. The van der Waals surface area contributed by atoms with Gasteiger partial charge in [-0.2, -0.15) is 11.8 Å². The predicted octanol–water partition coefficient (Wildman–Crippen LogP) is 2.46. The molecule has 0 radical (unpaired) electrons. The lowest BCUT2D eigenvalue weighted by atomic mass is 9.99. The number of carbonyl (C=O) groups is 1. The van der Waals surface area contributed by atoms with E-state index in [4.69, 9.17) is 0 Å². The molecule has 2 amide bonds. The topological polar surface area (TPSA) is 52.6 Å². The van der Waals surface area contributed by atoms with E-state index >= 15 is 0 Å². The van der Waals surface area contributed by atoms with E-state index in [1.807, 2.05) is 17.0 Å². The average molecular weight is 308 g/mol. The number of aliphatic hydroxyl groups excluding tert-OH is 1. The molecule has 1 unspecified atom stereocenters. The first-order chi connectivity index (χ1) is 10.2. The maximum absolute atomic E-state index is 12.2. The molecule has 21 heavy (non-hydrogen) atoms. The van der Waals surface area contributed by atoms with Crippen molar-refractivity contribution in [3.63, 3.8) is 0 Å². The molecule has 0 aliphatic carbocycles. The van der Waals surface area contributed by atoms with Crippen LogP contribution in [0.15, 0.2) is 24.3 Å². The van der Waals surface area contributed by atoms with Crippen LogP contribution in [-0.2, 0) is 12.3 Å². The lowest BCUT2D eigenvalue weighted by molar-refractivity contribution is 0.129. The molecular weight excluding hydrogens is 284 g/mol. The fraction of sp³-hybridized carbons (Fsp3) is 0.562. The van der Waals surface area contributed by atoms with E-state index in [1.54, 1.807) is 11.8 Å². The number of hydrogen-bond donors (Lipinski definition) is 2. The molecule has 1 atom stereocenters. The van der Waals surface area contributed by atoms with Crippen LogP contribution in [0, 0.1) is 5.92 Å². The van der Waals surface area contributed by atoms with Crippen LogP contribution < -0.4 is 5.32 Å². The van der Waals surface area contributed by atoms with Crippen LogP contribution in [0.3, 0.4) is 0 Å². The summed E-state index contributed by atoms with van der Waals surface area (Å²) in [5.74, 6) is 1.22. The zero-order valence-corrected chi connectivity index (χ0v) is 13.4. The largest absolute Gasteiger partial charge is 0.396 e. The first-order valence-corrected chi connectivity index (χ1v) is 8.82. The number of hydrogen-bond acceptors (Lipinski definition) is 3. The molecule has 0 aromatic heterocycles. The average Bonchev–Trinajstić information content (AvgIpc) is 2.53. The van der Waals surface area contributed by atoms with Crippen LogP contribution in [0.25, 0.3) is 0 Å². The van der Waals surface area contributed by atoms with Gasteiger partial charge in [-0.25, -0.2) is 4.79 Å². The first kappa shape index (κ1) is 16.2. The lowest BCUT2D eigenvalue weighted by Gasteiger charge is -2.31. The highest BCUT2D eigenvalue weighted by molar-refractivity contribution is 7.97. The van der Waals surface area contributed by atoms with Gasteiger partial charge in [-0.15, -0.1) is 0 Å². The molecule has 5 heteroatoms. The number of aliphatic hydroxyl groups is 1. The minimum Gasteiger partial charge on any atom is -0.396 e. The molecule has 1 aromatic rings. The Morgan fingerprint density at radius 2 is 2.29 bits per heavy atom. The van der Waals surface area contributed by atoms with Gasteiger partial charge in [0.1, 0.15) is 0 Å². The summed E-state index contributed by atoms with van der Waals surface area (Å²) in [7, 11) is 0. The van der Waals surface area contributed by atoms with Crippen molar-refractivity contribution in [2.24, 2.45) is 5.92 Å². The van der Waals surface area contributed by atoms with Gasteiger partial charge in [0.15, 0.2) is 0 Å². The highest BCUT2D eigenvalue weighted by atomic mass is 32.2. The Kier molecular flexibility index (Phi) is 6.39. The number of amides is 2. The zero-order chi connectivity index (χ0) is 15.1. The summed E-state index contributed by atoms with van der Waals surface area (Å²) in [6.45, 7) is 2.17. The molecule has 0 bridgehead atoms. The van der Waals surface area contributed by atoms with Crippen LogP contribution in [0.1, 0.15) is 24.0 Å². The molecule has 1 aromatic carbocycles. The number of piperidine rings is 1. The Labute approximate surface area is 130 Å². The standard InChI is InChI=1S/C16H24N2O2S/c1-21-12-14-5-2-4-13(8-14)9-17-16(20)18-7-3-6-15(10-18)11-19/h2,4-5,8,15,19H,3,6-7,9-12H2,1H3,(H,17,20). The molecule has 0 spiro atoms. The number of benzene rings is 1. The third-order valence-corrected chi connectivity index (χ3v) is 4.43. The van der Waals surface area contributed by atoms with Crippen molar-refractivity contribution in [2.75, 3.05) is 26.0 Å². The van der Waals surface area contributed by atoms with Gasteiger partial charge >= 0.3 is 6.03 Å². The summed E-state index contributed by atoms with van der Waals surface area (Å²) in [5, 5.41) is 12.2. The van der Waals surface area contributed by atoms with Crippen molar-refractivity contribution in [1.82, 2.24) is 10.2 Å². The van der Waals surface area contributed by atoms with Crippen LogP contribution >= 0.6 is 11.8 Å². The summed E-state index contributed by atoms with van der Waals surface area (Å²) in [4.78, 5) is 14.0. The molecule has 116 valence electrons. The molecule has 2 N–H and O–H groups in total. The number of nitrogens with one attached hydrogen (secondary N) is 1. The molecule has 1 aliphatic rings. The fourth-order valence-corrected chi connectivity index (χ4v) is 3.20. The third-order valence-electron chi connectivity index (χ3n) is 3.81. The zero-order valence-electron chi connectivity index (χ0n) is 12.5. The van der Waals surface area contributed by atoms with Gasteiger partial charge in [0.05, 0.1) is 0 Å². The molecule has 1 aliphatic heterocycles. The van der Waals surface area contributed by atoms with Crippen molar-refractivity contribution in [3.05, 3.63) is 35.4 Å². The van der Waals surface area contributed by atoms with Crippen LogP contribution in [0.4, 0.5) is 4.79 Å². The van der Waals surface area contributed by atoms with Gasteiger partial charge in [-0.05, 0) is 36.1 Å². The van der Waals surface area contributed by atoms with Crippen LogP contribution in [0.2, 0.25) is 0 Å².